The fourth-order valence-corrected chi connectivity index (χ4v) is 3.13. The third-order valence-corrected chi connectivity index (χ3v) is 4.43. The lowest BCUT2D eigenvalue weighted by atomic mass is 10.1. The van der Waals surface area contributed by atoms with Gasteiger partial charge in [0.15, 0.2) is 0 Å². The van der Waals surface area contributed by atoms with Gasteiger partial charge in [-0.3, -0.25) is 14.5 Å². The molecule has 1 atom stereocenters. The third-order valence-electron chi connectivity index (χ3n) is 3.56. The van der Waals surface area contributed by atoms with Crippen LogP contribution in [0.25, 0.3) is 0 Å². The second-order valence-corrected chi connectivity index (χ2v) is 6.11. The number of likely N-dealkylation sites (tertiary alicyclic amines) is 1. The van der Waals surface area contributed by atoms with Crippen LogP contribution in [0.3, 0.4) is 0 Å². The van der Waals surface area contributed by atoms with E-state index in [0.717, 1.165) is 13.0 Å². The van der Waals surface area contributed by atoms with Crippen LogP contribution in [0.2, 0.25) is 0 Å². The van der Waals surface area contributed by atoms with Crippen molar-refractivity contribution in [3.05, 3.63) is 22.4 Å². The highest BCUT2D eigenvalue weighted by molar-refractivity contribution is 7.09. The summed E-state index contributed by atoms with van der Waals surface area (Å²) in [6.07, 6.45) is 0.772. The molecule has 2 rings (SSSR count). The molecule has 1 aromatic heterocycles. The maximum Gasteiger partial charge on any atom is 0.310 e. The van der Waals surface area contributed by atoms with Crippen molar-refractivity contribution in [1.29, 1.82) is 0 Å². The minimum atomic E-state index is -0.174. The van der Waals surface area contributed by atoms with Crippen LogP contribution in [0.15, 0.2) is 17.5 Å². The van der Waals surface area contributed by atoms with Crippen LogP contribution in [-0.2, 0) is 20.9 Å². The van der Waals surface area contributed by atoms with Crippen molar-refractivity contribution in [3.63, 3.8) is 0 Å². The Morgan fingerprint density at radius 2 is 2.35 bits per heavy atom. The Hall–Kier alpha value is -1.40. The Labute approximate surface area is 123 Å². The summed E-state index contributed by atoms with van der Waals surface area (Å²) in [5.74, 6) is -0.175. The monoisotopic (exact) mass is 296 g/mol. The van der Waals surface area contributed by atoms with E-state index in [0.29, 0.717) is 19.6 Å². The van der Waals surface area contributed by atoms with Crippen LogP contribution in [0.4, 0.5) is 0 Å². The lowest BCUT2D eigenvalue weighted by Crippen LogP contribution is -2.37. The van der Waals surface area contributed by atoms with Gasteiger partial charge in [-0.2, -0.15) is 0 Å². The molecule has 1 unspecified atom stereocenters. The fourth-order valence-electron chi connectivity index (χ4n) is 2.37. The van der Waals surface area contributed by atoms with Gasteiger partial charge in [0.1, 0.15) is 0 Å². The van der Waals surface area contributed by atoms with Gasteiger partial charge in [0, 0.05) is 18.5 Å². The topological polar surface area (TPSA) is 49.9 Å². The van der Waals surface area contributed by atoms with E-state index < -0.39 is 0 Å². The largest absolute Gasteiger partial charge is 0.469 e. The van der Waals surface area contributed by atoms with Crippen molar-refractivity contribution in [2.24, 2.45) is 5.92 Å². The number of esters is 1. The molecule has 0 aliphatic carbocycles. The highest BCUT2D eigenvalue weighted by Gasteiger charge is 2.30. The number of carbonyl (C=O) groups is 2. The summed E-state index contributed by atoms with van der Waals surface area (Å²) >= 11 is 1.65. The van der Waals surface area contributed by atoms with Gasteiger partial charge in [-0.05, 0) is 24.4 Å². The Morgan fingerprint density at radius 3 is 3.00 bits per heavy atom. The van der Waals surface area contributed by atoms with Crippen molar-refractivity contribution in [1.82, 2.24) is 9.80 Å². The van der Waals surface area contributed by atoms with Crippen LogP contribution < -0.4 is 0 Å². The van der Waals surface area contributed by atoms with Crippen LogP contribution in [0.1, 0.15) is 11.3 Å². The zero-order valence-corrected chi connectivity index (χ0v) is 12.7. The first-order chi connectivity index (χ1) is 9.60. The van der Waals surface area contributed by atoms with Crippen LogP contribution in [0, 0.1) is 5.92 Å². The van der Waals surface area contributed by atoms with Crippen molar-refractivity contribution < 1.29 is 14.3 Å². The molecule has 6 heteroatoms. The molecule has 1 aromatic rings. The molecule has 0 spiro atoms. The Morgan fingerprint density at radius 1 is 1.55 bits per heavy atom. The first-order valence-electron chi connectivity index (χ1n) is 6.66. The van der Waals surface area contributed by atoms with Crippen molar-refractivity contribution in [2.45, 2.75) is 13.0 Å². The number of hydrogen-bond donors (Lipinski definition) is 0. The van der Waals surface area contributed by atoms with Gasteiger partial charge in [0.25, 0.3) is 0 Å². The predicted octanol–water partition coefficient (Wildman–Crippen LogP) is 1.20. The summed E-state index contributed by atoms with van der Waals surface area (Å²) in [6, 6.07) is 4.01. The van der Waals surface area contributed by atoms with E-state index in [2.05, 4.69) is 0 Å². The van der Waals surface area contributed by atoms with Gasteiger partial charge in [0.05, 0.1) is 26.1 Å². The van der Waals surface area contributed by atoms with E-state index in [4.69, 9.17) is 4.74 Å². The molecule has 1 fully saturated rings. The quantitative estimate of drug-likeness (QED) is 0.766. The number of hydrogen-bond acceptors (Lipinski definition) is 5. The number of carbonyl (C=O) groups excluding carboxylic acids is 2. The molecule has 1 amide bonds. The molecule has 20 heavy (non-hydrogen) atoms. The molecule has 1 aliphatic rings. The zero-order valence-electron chi connectivity index (χ0n) is 11.9. The summed E-state index contributed by atoms with van der Waals surface area (Å²) in [7, 11) is 3.22. The summed E-state index contributed by atoms with van der Waals surface area (Å²) in [5, 5.41) is 2.01. The molecule has 0 saturated carbocycles. The maximum atomic E-state index is 12.1. The first kappa shape index (κ1) is 15.0. The average molecular weight is 296 g/mol. The molecule has 0 radical (unpaired) electrons. The zero-order chi connectivity index (χ0) is 14.5. The molecular formula is C14H20N2O3S. The van der Waals surface area contributed by atoms with E-state index in [1.54, 1.807) is 16.2 Å². The van der Waals surface area contributed by atoms with E-state index in [-0.39, 0.29) is 17.8 Å². The van der Waals surface area contributed by atoms with E-state index in [9.17, 15) is 9.59 Å². The number of nitrogens with zero attached hydrogens (tertiary/aromatic N) is 2. The SMILES string of the molecule is COC(=O)C1CCN(CC(=O)N(C)Cc2cccs2)C1. The average Bonchev–Trinajstić information content (AvgIpc) is 3.09. The molecule has 1 aliphatic heterocycles. The standard InChI is InChI=1S/C14H20N2O3S/c1-15(9-12-4-3-7-20-12)13(17)10-16-6-5-11(8-16)14(18)19-2/h3-4,7,11H,5-6,8-10H2,1-2H3. The Kier molecular flexibility index (Phi) is 5.14. The molecular weight excluding hydrogens is 276 g/mol. The van der Waals surface area contributed by atoms with Gasteiger partial charge in [-0.15, -0.1) is 11.3 Å². The molecule has 2 heterocycles. The first-order valence-corrected chi connectivity index (χ1v) is 7.54. The normalized spacial score (nSPS) is 19.0. The van der Waals surface area contributed by atoms with E-state index in [1.807, 2.05) is 29.5 Å². The van der Waals surface area contributed by atoms with E-state index >= 15 is 0 Å². The van der Waals surface area contributed by atoms with Gasteiger partial charge >= 0.3 is 5.97 Å². The van der Waals surface area contributed by atoms with Gasteiger partial charge < -0.3 is 9.64 Å². The van der Waals surface area contributed by atoms with Crippen LogP contribution in [0.5, 0.6) is 0 Å². The number of methoxy groups -OCH3 is 1. The second kappa shape index (κ2) is 6.85. The van der Waals surface area contributed by atoms with Crippen LogP contribution >= 0.6 is 11.3 Å². The Balaban J connectivity index is 1.78. The van der Waals surface area contributed by atoms with Crippen molar-refractivity contribution >= 4 is 23.2 Å². The van der Waals surface area contributed by atoms with Crippen molar-refractivity contribution in [2.75, 3.05) is 33.8 Å². The predicted molar refractivity (Wildman–Crippen MR) is 77.4 cm³/mol. The summed E-state index contributed by atoms with van der Waals surface area (Å²) in [6.45, 7) is 2.41. The lowest BCUT2D eigenvalue weighted by molar-refractivity contribution is -0.145. The number of rotatable bonds is 5. The van der Waals surface area contributed by atoms with Crippen molar-refractivity contribution in [3.8, 4) is 0 Å². The minimum absolute atomic E-state index is 0.0870. The van der Waals surface area contributed by atoms with Gasteiger partial charge in [-0.1, -0.05) is 6.07 Å². The van der Waals surface area contributed by atoms with Gasteiger partial charge in [-0.25, -0.2) is 0 Å². The molecule has 0 bridgehead atoms. The third kappa shape index (κ3) is 3.80. The highest BCUT2D eigenvalue weighted by Crippen LogP contribution is 2.17. The molecule has 110 valence electrons. The maximum absolute atomic E-state index is 12.1. The summed E-state index contributed by atoms with van der Waals surface area (Å²) in [4.78, 5) is 28.5. The number of thiophene rings is 1. The number of ether oxygens (including phenoxy) is 1. The number of likely N-dealkylation sites (N-methyl/N-ethyl adjacent to an activating group) is 1. The summed E-state index contributed by atoms with van der Waals surface area (Å²) < 4.78 is 4.75. The molecule has 0 aromatic carbocycles. The minimum Gasteiger partial charge on any atom is -0.469 e. The summed E-state index contributed by atoms with van der Waals surface area (Å²) in [5.41, 5.74) is 0. The Bertz CT molecular complexity index is 461. The van der Waals surface area contributed by atoms with Gasteiger partial charge in [0.2, 0.25) is 5.91 Å². The molecule has 0 N–H and O–H groups in total. The van der Waals surface area contributed by atoms with E-state index in [1.165, 1.54) is 12.0 Å². The fraction of sp³-hybridized carbons (Fsp3) is 0.571. The smallest absolute Gasteiger partial charge is 0.310 e. The second-order valence-electron chi connectivity index (χ2n) is 5.07. The van der Waals surface area contributed by atoms with Crippen LogP contribution in [-0.4, -0.2) is 55.5 Å². The number of amides is 1. The molecule has 1 saturated heterocycles. The highest BCUT2D eigenvalue weighted by atomic mass is 32.1. The molecule has 5 nitrogen and oxygen atoms in total. The lowest BCUT2D eigenvalue weighted by Gasteiger charge is -2.21.